The number of primary amides is 1. The Labute approximate surface area is 189 Å². The van der Waals surface area contributed by atoms with Crippen LogP contribution < -0.4 is 16.0 Å². The van der Waals surface area contributed by atoms with Crippen molar-refractivity contribution in [2.45, 2.75) is 0 Å². The van der Waals surface area contributed by atoms with Crippen LogP contribution in [0.15, 0.2) is 55.0 Å². The summed E-state index contributed by atoms with van der Waals surface area (Å²) in [6, 6.07) is 12.4. The molecule has 168 valence electrons. The number of aromatic nitrogens is 4. The lowest BCUT2D eigenvalue weighted by atomic mass is 10.1. The topological polar surface area (TPSA) is 105 Å². The van der Waals surface area contributed by atoms with Crippen LogP contribution in [0.3, 0.4) is 0 Å². The highest BCUT2D eigenvalue weighted by Gasteiger charge is 2.16. The number of nitrogens with one attached hydrogen (secondary N) is 1. The van der Waals surface area contributed by atoms with Crippen LogP contribution in [0.2, 0.25) is 0 Å². The molecule has 0 unspecified atom stereocenters. The number of likely N-dealkylation sites (N-methyl/N-ethyl adjacent to an activating group) is 1. The molecule has 2 aromatic carbocycles. The smallest absolute Gasteiger partial charge is 0.251 e. The number of nitrogens with zero attached hydrogens (tertiary/aromatic N) is 6. The fourth-order valence-electron chi connectivity index (χ4n) is 3.93. The molecule has 0 bridgehead atoms. The van der Waals surface area contributed by atoms with Crippen LogP contribution in [0.5, 0.6) is 0 Å². The van der Waals surface area contributed by atoms with Crippen LogP contribution in [-0.4, -0.2) is 63.6 Å². The van der Waals surface area contributed by atoms with Crippen LogP contribution in [0, 0.1) is 5.82 Å². The Kier molecular flexibility index (Phi) is 5.35. The number of rotatable bonds is 5. The van der Waals surface area contributed by atoms with Gasteiger partial charge in [-0.05, 0) is 43.4 Å². The molecule has 5 rings (SSSR count). The number of benzene rings is 2. The molecule has 1 aliphatic rings. The van der Waals surface area contributed by atoms with Crippen LogP contribution in [0.25, 0.3) is 16.9 Å². The van der Waals surface area contributed by atoms with Gasteiger partial charge in [-0.15, -0.1) is 0 Å². The largest absolute Gasteiger partial charge is 0.369 e. The van der Waals surface area contributed by atoms with E-state index in [0.717, 1.165) is 31.9 Å². The minimum Gasteiger partial charge on any atom is -0.369 e. The van der Waals surface area contributed by atoms with Crippen LogP contribution in [-0.2, 0) is 0 Å². The van der Waals surface area contributed by atoms with Gasteiger partial charge < -0.3 is 20.9 Å². The highest BCUT2D eigenvalue weighted by molar-refractivity contribution is 5.93. The fourth-order valence-corrected chi connectivity index (χ4v) is 3.93. The van der Waals surface area contributed by atoms with E-state index in [4.69, 9.17) is 5.73 Å². The summed E-state index contributed by atoms with van der Waals surface area (Å²) < 4.78 is 15.9. The summed E-state index contributed by atoms with van der Waals surface area (Å²) in [7, 11) is 2.14. The molecule has 9 nitrogen and oxygen atoms in total. The lowest BCUT2D eigenvalue weighted by molar-refractivity contribution is 0.0996. The highest BCUT2D eigenvalue weighted by Crippen LogP contribution is 2.27. The summed E-state index contributed by atoms with van der Waals surface area (Å²) in [6.07, 6.45) is 3.00. The maximum absolute atomic E-state index is 14.3. The van der Waals surface area contributed by atoms with Crippen molar-refractivity contribution >= 4 is 28.7 Å². The van der Waals surface area contributed by atoms with E-state index in [1.54, 1.807) is 16.8 Å². The number of hydrogen-bond acceptors (Lipinski definition) is 7. The van der Waals surface area contributed by atoms with Gasteiger partial charge in [-0.2, -0.15) is 5.10 Å². The van der Waals surface area contributed by atoms with Crippen molar-refractivity contribution in [3.8, 4) is 11.3 Å². The first-order valence-corrected chi connectivity index (χ1v) is 10.6. The molecular weight excluding hydrogens is 423 g/mol. The number of amides is 1. The number of hydrogen-bond donors (Lipinski definition) is 2. The fraction of sp³-hybridized carbons (Fsp3) is 0.217. The molecule has 2 aromatic heterocycles. The van der Waals surface area contributed by atoms with Gasteiger partial charge in [0.05, 0.1) is 17.5 Å². The molecule has 1 fully saturated rings. The molecule has 0 saturated carbocycles. The van der Waals surface area contributed by atoms with E-state index in [0.29, 0.717) is 22.7 Å². The molecule has 10 heteroatoms. The molecule has 4 aromatic rings. The summed E-state index contributed by atoms with van der Waals surface area (Å²) in [5, 5.41) is 7.55. The van der Waals surface area contributed by atoms with E-state index in [-0.39, 0.29) is 5.56 Å². The molecular formula is C23H23FN8O. The van der Waals surface area contributed by atoms with Crippen LogP contribution in [0.4, 0.5) is 21.6 Å². The van der Waals surface area contributed by atoms with Gasteiger partial charge in [0, 0.05) is 43.1 Å². The van der Waals surface area contributed by atoms with Crippen molar-refractivity contribution < 1.29 is 9.18 Å². The second kappa shape index (κ2) is 8.47. The van der Waals surface area contributed by atoms with E-state index < -0.39 is 11.7 Å². The van der Waals surface area contributed by atoms with Crippen molar-refractivity contribution in [3.63, 3.8) is 0 Å². The second-order valence-corrected chi connectivity index (χ2v) is 8.01. The summed E-state index contributed by atoms with van der Waals surface area (Å²) in [5.41, 5.74) is 8.62. The number of carbonyl (C=O) groups is 1. The zero-order valence-corrected chi connectivity index (χ0v) is 18.1. The third-order valence-electron chi connectivity index (χ3n) is 5.83. The monoisotopic (exact) mass is 446 g/mol. The van der Waals surface area contributed by atoms with Crippen molar-refractivity contribution in [2.24, 2.45) is 5.73 Å². The van der Waals surface area contributed by atoms with Gasteiger partial charge in [0.15, 0.2) is 11.5 Å². The van der Waals surface area contributed by atoms with Gasteiger partial charge in [0.2, 0.25) is 0 Å². The van der Waals surface area contributed by atoms with E-state index in [9.17, 15) is 9.18 Å². The maximum Gasteiger partial charge on any atom is 0.251 e. The van der Waals surface area contributed by atoms with E-state index in [2.05, 4.69) is 49.4 Å². The van der Waals surface area contributed by atoms with Crippen LogP contribution in [0.1, 0.15) is 10.4 Å². The first-order chi connectivity index (χ1) is 16.0. The van der Waals surface area contributed by atoms with Gasteiger partial charge >= 0.3 is 0 Å². The SMILES string of the molecule is CN1CCN(c2ccc(Nc3ncc(-c4ccc(C(N)=O)c(F)c4)n4ncnc34)cc2)CC1. The summed E-state index contributed by atoms with van der Waals surface area (Å²) in [6.45, 7) is 4.12. The minimum absolute atomic E-state index is 0.167. The lowest BCUT2D eigenvalue weighted by Gasteiger charge is -2.34. The zero-order chi connectivity index (χ0) is 22.9. The average molecular weight is 446 g/mol. The molecule has 3 heterocycles. The Morgan fingerprint density at radius 3 is 2.52 bits per heavy atom. The molecule has 0 aliphatic carbocycles. The number of fused-ring (bicyclic) bond motifs is 1. The first kappa shape index (κ1) is 20.8. The molecule has 33 heavy (non-hydrogen) atoms. The number of halogens is 1. The van der Waals surface area contributed by atoms with Gasteiger partial charge in [0.25, 0.3) is 5.91 Å². The first-order valence-electron chi connectivity index (χ1n) is 10.6. The van der Waals surface area contributed by atoms with Crippen molar-refractivity contribution in [3.05, 3.63) is 66.4 Å². The number of carbonyl (C=O) groups excluding carboxylic acids is 1. The van der Waals surface area contributed by atoms with Gasteiger partial charge in [-0.3, -0.25) is 4.79 Å². The molecule has 3 N–H and O–H groups in total. The number of nitrogens with two attached hydrogens (primary N) is 1. The Morgan fingerprint density at radius 2 is 1.82 bits per heavy atom. The van der Waals surface area contributed by atoms with Gasteiger partial charge in [0.1, 0.15) is 12.1 Å². The zero-order valence-electron chi connectivity index (χ0n) is 18.1. The van der Waals surface area contributed by atoms with Crippen molar-refractivity contribution in [1.82, 2.24) is 24.5 Å². The number of anilines is 3. The Bertz CT molecular complexity index is 1310. The highest BCUT2D eigenvalue weighted by atomic mass is 19.1. The van der Waals surface area contributed by atoms with E-state index in [1.165, 1.54) is 24.1 Å². The Hall–Kier alpha value is -4.05. The summed E-state index contributed by atoms with van der Waals surface area (Å²) in [4.78, 5) is 24.8. The quantitative estimate of drug-likeness (QED) is 0.485. The van der Waals surface area contributed by atoms with Crippen molar-refractivity contribution in [2.75, 3.05) is 43.4 Å². The van der Waals surface area contributed by atoms with Crippen LogP contribution >= 0.6 is 0 Å². The minimum atomic E-state index is -0.818. The van der Waals surface area contributed by atoms with Gasteiger partial charge in [-0.25, -0.2) is 18.9 Å². The lowest BCUT2D eigenvalue weighted by Crippen LogP contribution is -2.44. The Balaban J connectivity index is 1.40. The van der Waals surface area contributed by atoms with Crippen molar-refractivity contribution in [1.29, 1.82) is 0 Å². The predicted molar refractivity (Wildman–Crippen MR) is 124 cm³/mol. The molecule has 1 amide bonds. The summed E-state index contributed by atoms with van der Waals surface area (Å²) >= 11 is 0. The average Bonchev–Trinajstić information content (AvgIpc) is 3.31. The third-order valence-corrected chi connectivity index (χ3v) is 5.83. The summed E-state index contributed by atoms with van der Waals surface area (Å²) in [5.74, 6) is -0.991. The second-order valence-electron chi connectivity index (χ2n) is 8.01. The van der Waals surface area contributed by atoms with E-state index >= 15 is 0 Å². The normalized spacial score (nSPS) is 14.5. The molecule has 1 saturated heterocycles. The van der Waals surface area contributed by atoms with Gasteiger partial charge in [-0.1, -0.05) is 6.07 Å². The molecule has 0 radical (unpaired) electrons. The Morgan fingerprint density at radius 1 is 1.06 bits per heavy atom. The predicted octanol–water partition coefficient (Wildman–Crippen LogP) is 2.52. The maximum atomic E-state index is 14.3. The molecule has 1 aliphatic heterocycles. The molecule has 0 spiro atoms. The van der Waals surface area contributed by atoms with E-state index in [1.807, 2.05) is 12.1 Å². The standard InChI is InChI=1S/C23H23FN8O/c1-30-8-10-31(11-9-30)17-5-3-16(4-6-17)29-22-23-27-14-28-32(23)20(13-26-22)15-2-7-18(21(25)33)19(24)12-15/h2-7,12-14H,8-11H2,1H3,(H2,25,33)(H,26,29). The molecule has 0 atom stereocenters. The number of piperazine rings is 1. The third kappa shape index (κ3) is 4.08.